The molecule has 1 aromatic rings. The zero-order valence-corrected chi connectivity index (χ0v) is 15.6. The molecule has 1 aromatic heterocycles. The van der Waals surface area contributed by atoms with Crippen LogP contribution in [0.2, 0.25) is 0 Å². The van der Waals surface area contributed by atoms with Crippen molar-refractivity contribution in [2.24, 2.45) is 0 Å². The molecular formula is C18H20F3N5O3. The van der Waals surface area contributed by atoms with E-state index >= 15 is 0 Å². The second kappa shape index (κ2) is 7.84. The van der Waals surface area contributed by atoms with Gasteiger partial charge in [-0.3, -0.25) is 9.69 Å². The first-order valence-corrected chi connectivity index (χ1v) is 8.97. The minimum atomic E-state index is -4.57. The van der Waals surface area contributed by atoms with E-state index < -0.39 is 35.3 Å². The fourth-order valence-electron chi connectivity index (χ4n) is 3.43. The van der Waals surface area contributed by atoms with Crippen LogP contribution < -0.4 is 20.2 Å². The zero-order valence-electron chi connectivity index (χ0n) is 15.6. The van der Waals surface area contributed by atoms with Gasteiger partial charge in [-0.1, -0.05) is 12.2 Å². The lowest BCUT2D eigenvalue weighted by Gasteiger charge is -2.44. The van der Waals surface area contributed by atoms with Crippen LogP contribution in [0.1, 0.15) is 23.8 Å². The van der Waals surface area contributed by atoms with E-state index in [4.69, 9.17) is 0 Å². The summed E-state index contributed by atoms with van der Waals surface area (Å²) in [6.07, 6.45) is 2.39. The topological polar surface area (TPSA) is 97.4 Å². The number of carbonyl (C=O) groups excluding carboxylic acids is 2. The SMILES string of the molecule is C/C=C\C=C\NC(=O)N1c2nc(C(=O)NCC(F)(F)F)ccc2[N+]2([O-])CC[C@H]1C2. The molecular weight excluding hydrogens is 391 g/mol. The van der Waals surface area contributed by atoms with Gasteiger partial charge in [0.15, 0.2) is 5.69 Å². The third-order valence-corrected chi connectivity index (χ3v) is 4.72. The molecule has 1 fully saturated rings. The van der Waals surface area contributed by atoms with Crippen molar-refractivity contribution < 1.29 is 22.8 Å². The Morgan fingerprint density at radius 2 is 2.14 bits per heavy atom. The van der Waals surface area contributed by atoms with Gasteiger partial charge < -0.3 is 20.5 Å². The van der Waals surface area contributed by atoms with Crippen molar-refractivity contribution in [3.05, 3.63) is 47.5 Å². The summed E-state index contributed by atoms with van der Waals surface area (Å²) >= 11 is 0. The molecule has 2 N–H and O–H groups in total. The van der Waals surface area contributed by atoms with Crippen LogP contribution in [-0.4, -0.2) is 48.8 Å². The second-order valence-corrected chi connectivity index (χ2v) is 6.78. The highest BCUT2D eigenvalue weighted by molar-refractivity contribution is 5.99. The van der Waals surface area contributed by atoms with E-state index in [0.29, 0.717) is 6.42 Å². The van der Waals surface area contributed by atoms with Gasteiger partial charge in [0, 0.05) is 18.7 Å². The minimum Gasteiger partial charge on any atom is -0.627 e. The molecule has 8 nitrogen and oxygen atoms in total. The number of hydroxylamine groups is 2. The van der Waals surface area contributed by atoms with Crippen LogP contribution in [0.4, 0.5) is 29.5 Å². The Morgan fingerprint density at radius 1 is 1.38 bits per heavy atom. The lowest BCUT2D eigenvalue weighted by molar-refractivity contribution is -0.123. The lowest BCUT2D eigenvalue weighted by atomic mass is 10.1. The summed E-state index contributed by atoms with van der Waals surface area (Å²) in [6, 6.07) is 1.60. The number of pyridine rings is 1. The molecule has 2 atom stereocenters. The first kappa shape index (κ1) is 20.8. The standard InChI is InChI=1S/C18H20F3N5O3/c1-2-3-4-8-22-17(28)25-12-7-9-26(29,10-12)14-6-5-13(24-15(14)25)16(27)23-11-18(19,20)21/h2-6,8,12H,7,9-11H2,1H3,(H,22,28)(H,23,27)/b3-2-,8-4+/t12-,26?/m0/s1. The Balaban J connectivity index is 1.90. The highest BCUT2D eigenvalue weighted by atomic mass is 19.4. The van der Waals surface area contributed by atoms with Gasteiger partial charge in [-0.2, -0.15) is 13.2 Å². The van der Waals surface area contributed by atoms with Crippen molar-refractivity contribution >= 4 is 23.4 Å². The number of quaternary nitrogens is 1. The number of fused-ring (bicyclic) bond motifs is 4. The molecule has 0 saturated carbocycles. The van der Waals surface area contributed by atoms with Crippen LogP contribution in [0.3, 0.4) is 0 Å². The normalized spacial score (nSPS) is 23.5. The van der Waals surface area contributed by atoms with E-state index in [2.05, 4.69) is 10.3 Å². The van der Waals surface area contributed by atoms with Crippen molar-refractivity contribution in [2.75, 3.05) is 24.5 Å². The van der Waals surface area contributed by atoms with E-state index in [1.807, 2.05) is 6.92 Å². The van der Waals surface area contributed by atoms with Crippen molar-refractivity contribution in [3.8, 4) is 0 Å². The van der Waals surface area contributed by atoms with E-state index in [9.17, 15) is 28.0 Å². The van der Waals surface area contributed by atoms with Gasteiger partial charge in [0.25, 0.3) is 5.91 Å². The average Bonchev–Trinajstić information content (AvgIpc) is 3.00. The van der Waals surface area contributed by atoms with Gasteiger partial charge in [-0.15, -0.1) is 0 Å². The predicted octanol–water partition coefficient (Wildman–Crippen LogP) is 2.57. The van der Waals surface area contributed by atoms with Crippen molar-refractivity contribution in [1.82, 2.24) is 20.3 Å². The molecule has 11 heteroatoms. The van der Waals surface area contributed by atoms with Gasteiger partial charge in [0.2, 0.25) is 5.82 Å². The lowest BCUT2D eigenvalue weighted by Crippen LogP contribution is -2.54. The Kier molecular flexibility index (Phi) is 5.62. The smallest absolute Gasteiger partial charge is 0.405 e. The van der Waals surface area contributed by atoms with Crippen LogP contribution in [0.5, 0.6) is 0 Å². The number of anilines is 1. The van der Waals surface area contributed by atoms with Crippen LogP contribution in [-0.2, 0) is 0 Å². The van der Waals surface area contributed by atoms with E-state index in [-0.39, 0.29) is 30.3 Å². The number of aromatic nitrogens is 1. The molecule has 2 bridgehead atoms. The Hall–Kier alpha value is -2.92. The van der Waals surface area contributed by atoms with Gasteiger partial charge >= 0.3 is 12.2 Å². The van der Waals surface area contributed by atoms with Gasteiger partial charge in [0.05, 0.1) is 12.6 Å². The van der Waals surface area contributed by atoms with Crippen molar-refractivity contribution in [3.63, 3.8) is 0 Å². The fourth-order valence-corrected chi connectivity index (χ4v) is 3.43. The van der Waals surface area contributed by atoms with Crippen molar-refractivity contribution in [1.29, 1.82) is 0 Å². The predicted molar refractivity (Wildman–Crippen MR) is 101 cm³/mol. The molecule has 3 rings (SSSR count). The average molecular weight is 411 g/mol. The summed E-state index contributed by atoms with van der Waals surface area (Å²) in [5, 5.41) is 17.3. The minimum absolute atomic E-state index is 0.00894. The monoisotopic (exact) mass is 411 g/mol. The molecule has 156 valence electrons. The summed E-state index contributed by atoms with van der Waals surface area (Å²) in [5.41, 5.74) is -0.0944. The number of nitrogens with zero attached hydrogens (tertiary/aromatic N) is 3. The van der Waals surface area contributed by atoms with Crippen LogP contribution in [0.25, 0.3) is 0 Å². The molecule has 1 unspecified atom stereocenters. The number of hydrogen-bond donors (Lipinski definition) is 2. The third kappa shape index (κ3) is 4.40. The molecule has 2 aliphatic heterocycles. The first-order valence-electron chi connectivity index (χ1n) is 8.97. The molecule has 0 radical (unpaired) electrons. The Labute approximate surface area is 164 Å². The molecule has 0 aromatic carbocycles. The van der Waals surface area contributed by atoms with Crippen LogP contribution in [0, 0.1) is 5.21 Å². The summed E-state index contributed by atoms with van der Waals surface area (Å²) in [5.74, 6) is -1.05. The fraction of sp³-hybridized carbons (Fsp3) is 0.389. The van der Waals surface area contributed by atoms with E-state index in [0.717, 1.165) is 0 Å². The molecule has 3 heterocycles. The summed E-state index contributed by atoms with van der Waals surface area (Å²) in [7, 11) is 0. The van der Waals surface area contributed by atoms with Gasteiger partial charge in [-0.05, 0) is 19.1 Å². The quantitative estimate of drug-likeness (QED) is 0.452. The van der Waals surface area contributed by atoms with E-state index in [1.165, 1.54) is 23.2 Å². The largest absolute Gasteiger partial charge is 0.627 e. The Bertz CT molecular complexity index is 871. The summed E-state index contributed by atoms with van der Waals surface area (Å²) in [4.78, 5) is 30.1. The number of alkyl halides is 3. The van der Waals surface area contributed by atoms with Crippen LogP contribution in [0.15, 0.2) is 36.6 Å². The number of hydrogen-bond acceptors (Lipinski definition) is 4. The maximum atomic E-state index is 13.0. The molecule has 2 aliphatic rings. The molecule has 3 amide bonds. The molecule has 0 aliphatic carbocycles. The highest BCUT2D eigenvalue weighted by Gasteiger charge is 2.48. The number of amides is 3. The summed E-state index contributed by atoms with van der Waals surface area (Å²) in [6.45, 7) is 0.707. The van der Waals surface area contributed by atoms with Gasteiger partial charge in [-0.25, -0.2) is 9.78 Å². The maximum Gasteiger partial charge on any atom is 0.405 e. The number of allylic oxidation sites excluding steroid dienone is 3. The third-order valence-electron chi connectivity index (χ3n) is 4.72. The number of carbonyl (C=O) groups is 2. The molecule has 29 heavy (non-hydrogen) atoms. The summed E-state index contributed by atoms with van der Waals surface area (Å²) < 4.78 is 36.4. The number of nitrogens with one attached hydrogen (secondary N) is 2. The Morgan fingerprint density at radius 3 is 2.83 bits per heavy atom. The number of urea groups is 1. The number of rotatable bonds is 4. The van der Waals surface area contributed by atoms with Crippen molar-refractivity contribution in [2.45, 2.75) is 25.6 Å². The van der Waals surface area contributed by atoms with Crippen LogP contribution >= 0.6 is 0 Å². The maximum absolute atomic E-state index is 13.0. The number of halogens is 3. The van der Waals surface area contributed by atoms with Gasteiger partial charge in [0.1, 0.15) is 18.8 Å². The first-order chi connectivity index (χ1) is 13.6. The van der Waals surface area contributed by atoms with E-state index in [1.54, 1.807) is 23.5 Å². The highest BCUT2D eigenvalue weighted by Crippen LogP contribution is 2.43. The molecule has 1 saturated heterocycles. The zero-order chi connectivity index (χ0) is 21.2. The molecule has 0 spiro atoms. The second-order valence-electron chi connectivity index (χ2n) is 6.78.